The molecule has 2 radical (unpaired) electrons. The summed E-state index contributed by atoms with van der Waals surface area (Å²) in [6.45, 7) is 10.8. The summed E-state index contributed by atoms with van der Waals surface area (Å²) < 4.78 is 12.7. The number of rotatable bonds is 15. The van der Waals surface area contributed by atoms with Crippen LogP contribution < -0.4 is 0 Å². The predicted molar refractivity (Wildman–Crippen MR) is 184 cm³/mol. The van der Waals surface area contributed by atoms with Gasteiger partial charge in [-0.1, -0.05) is 0 Å². The van der Waals surface area contributed by atoms with E-state index in [4.69, 9.17) is 9.47 Å². The maximum absolute atomic E-state index is 12.3. The van der Waals surface area contributed by atoms with Gasteiger partial charge in [0.15, 0.2) is 0 Å². The molecule has 3 nitrogen and oxygen atoms in total. The molecule has 0 aliphatic carbocycles. The fourth-order valence-corrected chi connectivity index (χ4v) is 13.4. The van der Waals surface area contributed by atoms with Crippen LogP contribution >= 0.6 is 0 Å². The van der Waals surface area contributed by atoms with E-state index in [1.807, 2.05) is 0 Å². The van der Waals surface area contributed by atoms with E-state index in [2.05, 4.69) is 80.2 Å². The van der Waals surface area contributed by atoms with Crippen molar-refractivity contribution in [3.8, 4) is 0 Å². The van der Waals surface area contributed by atoms with Crippen LogP contribution in [-0.2, 0) is 23.6 Å². The van der Waals surface area contributed by atoms with Crippen LogP contribution in [0.15, 0.2) is 0 Å². The first-order chi connectivity index (χ1) is 16.5. The standard InChI is InChI=1S/C19H48B12O3S/c1-6-8-9-10-11-12-13-35(27-30(25)26-20,31(28(21)22)29(23)24)18-15(4)14(3)17(7-2)34-19(18)33-16(5)32/h14-15,17-20,26H,6-13,21-25H2,1-5H3/i20-1,21-1,22-1,23-1,24-1,25-1,26-1,27-1,28-1,29-1,30-1,31-1. The molecule has 0 N–H and O–H groups in total. The van der Waals surface area contributed by atoms with Crippen molar-refractivity contribution in [2.75, 3.05) is 5.75 Å². The minimum absolute atomic E-state index is 0.138. The summed E-state index contributed by atoms with van der Waals surface area (Å²) in [5.74, 6) is 2.43. The van der Waals surface area contributed by atoms with Gasteiger partial charge in [0.05, 0.1) is 0 Å². The number of ether oxygens (including phenoxy) is 2. The topological polar surface area (TPSA) is 35.5 Å². The molecule has 6 unspecified atom stereocenters. The Kier molecular flexibility index (Phi) is 15.8. The van der Waals surface area contributed by atoms with Crippen molar-refractivity contribution in [1.82, 2.24) is 0 Å². The summed E-state index contributed by atoms with van der Waals surface area (Å²) in [4.78, 5) is 12.3. The fourth-order valence-electron chi connectivity index (χ4n) is 6.71. The first-order valence-corrected chi connectivity index (χ1v) is 16.7. The number of hydrogen-bond acceptors (Lipinski definition) is 3. The Labute approximate surface area is 228 Å². The van der Waals surface area contributed by atoms with Crippen LogP contribution in [0.3, 0.4) is 0 Å². The first-order valence-electron chi connectivity index (χ1n) is 14.7. The minimum atomic E-state index is -1.32. The van der Waals surface area contributed by atoms with Crippen LogP contribution in [0.2, 0.25) is 0 Å². The molecule has 0 aromatic carbocycles. The van der Waals surface area contributed by atoms with Crippen molar-refractivity contribution >= 4 is 99.7 Å². The molecular formula is C19H48B12O3S. The second-order valence-corrected chi connectivity index (χ2v) is 15.6. The van der Waals surface area contributed by atoms with Gasteiger partial charge in [0.25, 0.3) is 0 Å². The molecule has 35 heavy (non-hydrogen) atoms. The molecule has 0 saturated carbocycles. The zero-order valence-electron chi connectivity index (χ0n) is 25.0. The Balaban J connectivity index is 3.70. The summed E-state index contributed by atoms with van der Waals surface area (Å²) in [6, 6.07) is 2.73. The van der Waals surface area contributed by atoms with Crippen molar-refractivity contribution in [2.24, 2.45) is 11.8 Å². The molecule has 0 aromatic heterocycles. The number of carbonyl (C=O) groups excluding carboxylic acids is 1. The van der Waals surface area contributed by atoms with E-state index in [-0.39, 0.29) is 17.3 Å². The summed E-state index contributed by atoms with van der Waals surface area (Å²) >= 11 is 0. The van der Waals surface area contributed by atoms with Crippen LogP contribution in [-0.4, -0.2) is 114 Å². The van der Waals surface area contributed by atoms with E-state index >= 15 is 0 Å². The predicted octanol–water partition coefficient (Wildman–Crippen LogP) is -3.01. The molecule has 6 atom stereocenters. The van der Waals surface area contributed by atoms with Crippen molar-refractivity contribution < 1.29 is 14.3 Å². The number of carbonyl (C=O) groups is 1. The third-order valence-electron chi connectivity index (χ3n) is 8.32. The molecule has 1 rings (SSSR count). The van der Waals surface area contributed by atoms with Gasteiger partial charge in [-0.3, -0.25) is 0 Å². The van der Waals surface area contributed by atoms with Crippen LogP contribution in [0.25, 0.3) is 0 Å². The van der Waals surface area contributed by atoms with Gasteiger partial charge >= 0.3 is 229 Å². The van der Waals surface area contributed by atoms with E-state index in [9.17, 15) is 4.79 Å². The summed E-state index contributed by atoms with van der Waals surface area (Å²) in [7, 11) is 15.8. The average molecular weight is 477 g/mol. The van der Waals surface area contributed by atoms with Gasteiger partial charge in [0, 0.05) is 0 Å². The molecular weight excluding hydrogens is 428 g/mol. The molecule has 0 aromatic rings. The molecule has 1 aliphatic rings. The van der Waals surface area contributed by atoms with Crippen molar-refractivity contribution in [1.29, 1.82) is 0 Å². The van der Waals surface area contributed by atoms with Crippen molar-refractivity contribution in [3.05, 3.63) is 0 Å². The summed E-state index contributed by atoms with van der Waals surface area (Å²) in [5, 5.41) is 0.226. The van der Waals surface area contributed by atoms with Gasteiger partial charge in [-0.2, -0.15) is 0 Å². The second-order valence-electron chi connectivity index (χ2n) is 12.0. The summed E-state index contributed by atoms with van der Waals surface area (Å²) in [6.07, 6.45) is 10.0. The van der Waals surface area contributed by atoms with Gasteiger partial charge in [0.2, 0.25) is 0 Å². The third kappa shape index (κ3) is 9.36. The zero-order valence-corrected chi connectivity index (χ0v) is 25.8. The molecule has 0 amide bonds. The van der Waals surface area contributed by atoms with E-state index in [0.29, 0.717) is 36.8 Å². The monoisotopic (exact) mass is 476 g/mol. The van der Waals surface area contributed by atoms with Gasteiger partial charge in [-0.05, 0) is 0 Å². The maximum atomic E-state index is 12.3. The molecule has 1 heterocycles. The average Bonchev–Trinajstić information content (AvgIpc) is 2.77. The van der Waals surface area contributed by atoms with Crippen LogP contribution in [0.5, 0.6) is 0 Å². The first kappa shape index (κ1) is 33.6. The zero-order chi connectivity index (χ0) is 26.8. The Morgan fingerprint density at radius 1 is 1.03 bits per heavy atom. The van der Waals surface area contributed by atoms with Gasteiger partial charge in [-0.15, -0.1) is 0 Å². The van der Waals surface area contributed by atoms with E-state index in [1.54, 1.807) is 6.92 Å². The Morgan fingerprint density at radius 3 is 2.09 bits per heavy atom. The van der Waals surface area contributed by atoms with E-state index < -0.39 is 15.6 Å². The number of esters is 1. The van der Waals surface area contributed by atoms with E-state index in [1.165, 1.54) is 44.3 Å². The molecule has 1 aliphatic heterocycles. The molecule has 1 fully saturated rings. The van der Waals surface area contributed by atoms with Gasteiger partial charge < -0.3 is 0 Å². The van der Waals surface area contributed by atoms with Crippen LogP contribution in [0.4, 0.5) is 0 Å². The fraction of sp³-hybridized carbons (Fsp3) is 0.947. The quantitative estimate of drug-likeness (QED) is 0.109. The Hall–Kier alpha value is 0.559. The number of hydrogen-bond donors (Lipinski definition) is 0. The van der Waals surface area contributed by atoms with E-state index in [0.717, 1.165) is 13.5 Å². The second kappa shape index (κ2) is 16.5. The number of unbranched alkanes of at least 4 members (excludes halogenated alkanes) is 5. The van der Waals surface area contributed by atoms with Gasteiger partial charge in [-0.25, -0.2) is 0 Å². The molecule has 0 bridgehead atoms. The molecule has 184 valence electrons. The van der Waals surface area contributed by atoms with Crippen LogP contribution in [0, 0.1) is 11.8 Å². The molecule has 1 saturated heterocycles. The van der Waals surface area contributed by atoms with Gasteiger partial charge in [0.1, 0.15) is 0 Å². The molecule has 16 heteroatoms. The van der Waals surface area contributed by atoms with Crippen molar-refractivity contribution in [2.45, 2.75) is 97.2 Å². The normalized spacial score (nSPS) is 25.6. The third-order valence-corrected chi connectivity index (χ3v) is 14.0. The van der Waals surface area contributed by atoms with Crippen LogP contribution in [0.1, 0.15) is 79.6 Å². The van der Waals surface area contributed by atoms with Crippen molar-refractivity contribution in [3.63, 3.8) is 0 Å². The summed E-state index contributed by atoms with van der Waals surface area (Å²) in [5.41, 5.74) is 0. The Bertz CT molecular complexity index is 677. The molecule has 0 spiro atoms. The Morgan fingerprint density at radius 2 is 1.60 bits per heavy atom. The SMILES string of the molecule is [10BH-][10BH][10B]([10BH2])[10B]=[S+](CCCCCCCC)([10B]([10B]([10BH2])[10BH2])[10B]([10BH2])[10BH2])C1C(OC(C)=O)OC(CC)C(C)C1C.